The SMILES string of the molecule is CCOc1cc(-c2ccc(N3C[C@H](NC(=O)O)[C@@H](Oc4ccc(Cl)nn4)C3)nc2)c2c(C#N)cnn2c1. The van der Waals surface area contributed by atoms with Crippen molar-refractivity contribution in [2.45, 2.75) is 19.1 Å². The summed E-state index contributed by atoms with van der Waals surface area (Å²) in [5, 5.41) is 33.5. The predicted molar refractivity (Wildman–Crippen MR) is 133 cm³/mol. The maximum absolute atomic E-state index is 11.4. The highest BCUT2D eigenvalue weighted by Crippen LogP contribution is 2.32. The molecule has 0 radical (unpaired) electrons. The molecule has 5 heterocycles. The van der Waals surface area contributed by atoms with Gasteiger partial charge in [0.15, 0.2) is 5.15 Å². The number of halogens is 1. The third-order valence-electron chi connectivity index (χ3n) is 5.86. The highest BCUT2D eigenvalue weighted by molar-refractivity contribution is 6.29. The van der Waals surface area contributed by atoms with Gasteiger partial charge in [0.05, 0.1) is 42.7 Å². The Morgan fingerprint density at radius 2 is 2.14 bits per heavy atom. The topological polar surface area (TPSA) is 151 Å². The summed E-state index contributed by atoms with van der Waals surface area (Å²) in [6, 6.07) is 10.4. The van der Waals surface area contributed by atoms with E-state index < -0.39 is 18.2 Å². The summed E-state index contributed by atoms with van der Waals surface area (Å²) in [6.07, 6.45) is 3.27. The molecule has 37 heavy (non-hydrogen) atoms. The van der Waals surface area contributed by atoms with Gasteiger partial charge in [-0.25, -0.2) is 14.3 Å². The Hall–Kier alpha value is -4.63. The van der Waals surface area contributed by atoms with Crippen molar-refractivity contribution >= 4 is 29.0 Å². The van der Waals surface area contributed by atoms with Gasteiger partial charge in [-0.15, -0.1) is 10.2 Å². The van der Waals surface area contributed by atoms with Gasteiger partial charge in [0.1, 0.15) is 23.7 Å². The lowest BCUT2D eigenvalue weighted by Gasteiger charge is -2.18. The van der Waals surface area contributed by atoms with Gasteiger partial charge in [-0.2, -0.15) is 10.4 Å². The van der Waals surface area contributed by atoms with Crippen LogP contribution < -0.4 is 19.7 Å². The number of nitrogens with one attached hydrogen (secondary N) is 1. The van der Waals surface area contributed by atoms with Crippen LogP contribution in [-0.4, -0.2) is 67.8 Å². The van der Waals surface area contributed by atoms with Crippen LogP contribution in [0.15, 0.2) is 48.9 Å². The zero-order valence-corrected chi connectivity index (χ0v) is 20.3. The van der Waals surface area contributed by atoms with Crippen molar-refractivity contribution in [1.82, 2.24) is 30.1 Å². The van der Waals surface area contributed by atoms with E-state index >= 15 is 0 Å². The molecule has 1 saturated heterocycles. The molecule has 1 amide bonds. The van der Waals surface area contributed by atoms with Crippen LogP contribution in [0.25, 0.3) is 16.6 Å². The Morgan fingerprint density at radius 3 is 2.81 bits per heavy atom. The van der Waals surface area contributed by atoms with E-state index in [9.17, 15) is 15.2 Å². The molecule has 2 atom stereocenters. The van der Waals surface area contributed by atoms with Crippen molar-refractivity contribution in [2.24, 2.45) is 0 Å². The third kappa shape index (κ3) is 5.03. The molecule has 12 nitrogen and oxygen atoms in total. The van der Waals surface area contributed by atoms with Crippen LogP contribution in [0.3, 0.4) is 0 Å². The minimum atomic E-state index is -1.15. The van der Waals surface area contributed by atoms with Crippen LogP contribution in [0.4, 0.5) is 10.6 Å². The maximum Gasteiger partial charge on any atom is 0.405 e. The monoisotopic (exact) mass is 520 g/mol. The molecule has 1 aliphatic rings. The summed E-state index contributed by atoms with van der Waals surface area (Å²) in [5.41, 5.74) is 2.63. The summed E-state index contributed by atoms with van der Waals surface area (Å²) in [5.74, 6) is 1.50. The van der Waals surface area contributed by atoms with E-state index in [0.29, 0.717) is 42.3 Å². The van der Waals surface area contributed by atoms with Gasteiger partial charge in [0.2, 0.25) is 5.88 Å². The van der Waals surface area contributed by atoms with Crippen LogP contribution in [0.2, 0.25) is 5.15 Å². The van der Waals surface area contributed by atoms with Crippen molar-refractivity contribution in [2.75, 3.05) is 24.6 Å². The largest absolute Gasteiger partial charge is 0.492 e. The molecule has 0 spiro atoms. The Morgan fingerprint density at radius 1 is 1.27 bits per heavy atom. The second-order valence-electron chi connectivity index (χ2n) is 8.20. The molecule has 0 saturated carbocycles. The molecule has 5 rings (SSSR count). The van der Waals surface area contributed by atoms with Crippen molar-refractivity contribution in [3.63, 3.8) is 0 Å². The van der Waals surface area contributed by atoms with Gasteiger partial charge in [-0.05, 0) is 31.2 Å². The Bertz CT molecular complexity index is 1470. The van der Waals surface area contributed by atoms with Gasteiger partial charge in [-0.3, -0.25) is 0 Å². The van der Waals surface area contributed by atoms with Crippen molar-refractivity contribution in [1.29, 1.82) is 5.26 Å². The number of nitriles is 1. The van der Waals surface area contributed by atoms with E-state index in [1.54, 1.807) is 29.0 Å². The minimum absolute atomic E-state index is 0.229. The normalized spacial score (nSPS) is 16.9. The van der Waals surface area contributed by atoms with Gasteiger partial charge < -0.3 is 24.8 Å². The number of pyridine rings is 2. The zero-order chi connectivity index (χ0) is 25.9. The fourth-order valence-electron chi connectivity index (χ4n) is 4.28. The molecule has 4 aromatic heterocycles. The molecule has 4 aromatic rings. The number of hydrogen-bond donors (Lipinski definition) is 2. The molecule has 0 aliphatic carbocycles. The van der Waals surface area contributed by atoms with E-state index in [1.165, 1.54) is 6.20 Å². The molecule has 0 unspecified atom stereocenters. The number of rotatable bonds is 7. The average Bonchev–Trinajstić information content (AvgIpc) is 3.49. The number of carbonyl (C=O) groups is 1. The first-order chi connectivity index (χ1) is 17.9. The quantitative estimate of drug-likeness (QED) is 0.372. The van der Waals surface area contributed by atoms with E-state index in [2.05, 4.69) is 31.7 Å². The summed E-state index contributed by atoms with van der Waals surface area (Å²) in [4.78, 5) is 17.9. The van der Waals surface area contributed by atoms with Crippen molar-refractivity contribution < 1.29 is 19.4 Å². The van der Waals surface area contributed by atoms with Crippen LogP contribution in [-0.2, 0) is 0 Å². The van der Waals surface area contributed by atoms with E-state index in [1.807, 2.05) is 30.0 Å². The molecule has 1 aliphatic heterocycles. The first-order valence-electron chi connectivity index (χ1n) is 11.4. The van der Waals surface area contributed by atoms with Gasteiger partial charge >= 0.3 is 6.09 Å². The molecule has 1 fully saturated rings. The lowest BCUT2D eigenvalue weighted by molar-refractivity contribution is 0.158. The number of fused-ring (bicyclic) bond motifs is 1. The van der Waals surface area contributed by atoms with Crippen LogP contribution in [0.5, 0.6) is 11.6 Å². The average molecular weight is 521 g/mol. The Kier molecular flexibility index (Phi) is 6.61. The highest BCUT2D eigenvalue weighted by atomic mass is 35.5. The van der Waals surface area contributed by atoms with Gasteiger partial charge in [0, 0.05) is 29.9 Å². The first-order valence-corrected chi connectivity index (χ1v) is 11.7. The predicted octanol–water partition coefficient (Wildman–Crippen LogP) is 3.01. The molecule has 2 N–H and O–H groups in total. The fraction of sp³-hybridized carbons (Fsp3) is 0.250. The molecule has 0 aromatic carbocycles. The third-order valence-corrected chi connectivity index (χ3v) is 6.06. The number of ether oxygens (including phenoxy) is 2. The Balaban J connectivity index is 1.41. The first kappa shape index (κ1) is 24.1. The van der Waals surface area contributed by atoms with E-state index in [4.69, 9.17) is 21.1 Å². The fourth-order valence-corrected chi connectivity index (χ4v) is 4.38. The summed E-state index contributed by atoms with van der Waals surface area (Å²) < 4.78 is 13.2. The molecule has 188 valence electrons. The maximum atomic E-state index is 11.4. The standard InChI is InChI=1S/C24H21ClN8O4/c1-2-36-16-7-17(23-15(8-26)10-28-33(23)11-16)14-3-5-21(27-9-14)32-12-18(29-24(34)35)19(13-32)37-22-6-4-20(25)30-31-22/h3-7,9-11,18-19,29H,2,12-13H2,1H3,(H,34,35)/t18-,19-/m0/s1. The van der Waals surface area contributed by atoms with E-state index in [-0.39, 0.29) is 11.0 Å². The number of carboxylic acid groups (broad SMARTS) is 1. The van der Waals surface area contributed by atoms with Crippen LogP contribution in [0, 0.1) is 11.3 Å². The summed E-state index contributed by atoms with van der Waals surface area (Å²) in [6.45, 7) is 3.09. The van der Waals surface area contributed by atoms with Crippen LogP contribution in [0.1, 0.15) is 12.5 Å². The summed E-state index contributed by atoms with van der Waals surface area (Å²) >= 11 is 5.79. The lowest BCUT2D eigenvalue weighted by Crippen LogP contribution is -2.44. The highest BCUT2D eigenvalue weighted by Gasteiger charge is 2.36. The lowest BCUT2D eigenvalue weighted by atomic mass is 10.1. The number of nitrogens with zero attached hydrogens (tertiary/aromatic N) is 7. The summed E-state index contributed by atoms with van der Waals surface area (Å²) in [7, 11) is 0. The number of anilines is 1. The molecule has 0 bridgehead atoms. The van der Waals surface area contributed by atoms with Crippen molar-refractivity contribution in [3.8, 4) is 28.8 Å². The van der Waals surface area contributed by atoms with Gasteiger partial charge in [0.25, 0.3) is 0 Å². The van der Waals surface area contributed by atoms with Crippen LogP contribution >= 0.6 is 11.6 Å². The second-order valence-corrected chi connectivity index (χ2v) is 8.59. The molecule has 13 heteroatoms. The zero-order valence-electron chi connectivity index (χ0n) is 19.6. The Labute approximate surface area is 216 Å². The molecular formula is C24H21ClN8O4. The van der Waals surface area contributed by atoms with E-state index in [0.717, 1.165) is 11.1 Å². The second kappa shape index (κ2) is 10.2. The number of hydrogen-bond acceptors (Lipinski definition) is 9. The smallest absolute Gasteiger partial charge is 0.405 e. The van der Waals surface area contributed by atoms with Crippen molar-refractivity contribution in [3.05, 3.63) is 59.6 Å². The van der Waals surface area contributed by atoms with Gasteiger partial charge in [-0.1, -0.05) is 11.6 Å². The minimum Gasteiger partial charge on any atom is -0.492 e. The number of amides is 1. The number of aromatic nitrogens is 5. The molecular weight excluding hydrogens is 500 g/mol.